The van der Waals surface area contributed by atoms with E-state index in [0.717, 1.165) is 6.42 Å². The largest absolute Gasteiger partial charge is 0.224 e. The van der Waals surface area contributed by atoms with Gasteiger partial charge in [-0.25, -0.2) is 8.42 Å². The molecule has 17 heavy (non-hydrogen) atoms. The van der Waals surface area contributed by atoms with Gasteiger partial charge in [-0.1, -0.05) is 19.1 Å². The van der Waals surface area contributed by atoms with Crippen molar-refractivity contribution in [2.45, 2.75) is 24.7 Å². The van der Waals surface area contributed by atoms with Crippen molar-refractivity contribution in [3.05, 3.63) is 28.7 Å². The maximum Gasteiger partial charge on any atom is 0.179 e. The third-order valence-corrected chi connectivity index (χ3v) is 5.62. The van der Waals surface area contributed by atoms with Crippen molar-refractivity contribution >= 4 is 37.4 Å². The summed E-state index contributed by atoms with van der Waals surface area (Å²) in [4.78, 5) is 0.373. The maximum absolute atomic E-state index is 12.1. The van der Waals surface area contributed by atoms with Crippen LogP contribution in [-0.4, -0.2) is 20.1 Å². The van der Waals surface area contributed by atoms with Crippen molar-refractivity contribution in [2.75, 3.05) is 11.6 Å². The Morgan fingerprint density at radius 2 is 1.94 bits per heavy atom. The summed E-state index contributed by atoms with van der Waals surface area (Å²) in [6.45, 7) is 2.03. The lowest BCUT2D eigenvalue weighted by atomic mass is 10.1. The average molecular weight is 340 g/mol. The van der Waals surface area contributed by atoms with Gasteiger partial charge in [0.15, 0.2) is 9.84 Å². The monoisotopic (exact) mass is 338 g/mol. The number of sulfone groups is 1. The van der Waals surface area contributed by atoms with Gasteiger partial charge in [-0.15, -0.1) is 11.6 Å². The zero-order chi connectivity index (χ0) is 12.9. The van der Waals surface area contributed by atoms with Crippen molar-refractivity contribution < 1.29 is 8.42 Å². The van der Waals surface area contributed by atoms with Crippen LogP contribution in [0.2, 0.25) is 0 Å². The zero-order valence-electron chi connectivity index (χ0n) is 9.70. The zero-order valence-corrected chi connectivity index (χ0v) is 12.9. The SMILES string of the molecule is CC(CCCl)CCS(=O)(=O)c1ccccc1Br. The molecule has 1 aromatic rings. The van der Waals surface area contributed by atoms with Gasteiger partial charge >= 0.3 is 0 Å². The predicted molar refractivity (Wildman–Crippen MR) is 75.3 cm³/mol. The van der Waals surface area contributed by atoms with E-state index in [1.165, 1.54) is 0 Å². The summed E-state index contributed by atoms with van der Waals surface area (Å²) < 4.78 is 24.8. The van der Waals surface area contributed by atoms with Crippen LogP contribution in [0.25, 0.3) is 0 Å². The molecular formula is C12H16BrClO2S. The fourth-order valence-corrected chi connectivity index (χ4v) is 4.47. The molecule has 1 atom stereocenters. The fraction of sp³-hybridized carbons (Fsp3) is 0.500. The van der Waals surface area contributed by atoms with E-state index >= 15 is 0 Å². The number of rotatable bonds is 6. The first-order valence-electron chi connectivity index (χ1n) is 5.50. The lowest BCUT2D eigenvalue weighted by Crippen LogP contribution is -2.11. The molecule has 0 spiro atoms. The van der Waals surface area contributed by atoms with Crippen LogP contribution in [0, 0.1) is 5.92 Å². The molecule has 1 unspecified atom stereocenters. The molecule has 0 fully saturated rings. The van der Waals surface area contributed by atoms with Crippen molar-refractivity contribution in [3.63, 3.8) is 0 Å². The Bertz CT molecular complexity index is 459. The van der Waals surface area contributed by atoms with E-state index in [1.807, 2.05) is 6.92 Å². The fourth-order valence-electron chi connectivity index (χ4n) is 1.49. The van der Waals surface area contributed by atoms with E-state index < -0.39 is 9.84 Å². The number of alkyl halides is 1. The van der Waals surface area contributed by atoms with Gasteiger partial charge in [-0.05, 0) is 46.8 Å². The molecule has 0 bridgehead atoms. The van der Waals surface area contributed by atoms with Crippen LogP contribution in [0.15, 0.2) is 33.6 Å². The molecule has 0 radical (unpaired) electrons. The third kappa shape index (κ3) is 4.60. The van der Waals surface area contributed by atoms with Gasteiger partial charge in [0.25, 0.3) is 0 Å². The van der Waals surface area contributed by atoms with Crippen LogP contribution in [0.3, 0.4) is 0 Å². The predicted octanol–water partition coefficient (Wildman–Crippen LogP) is 3.88. The Hall–Kier alpha value is -0.0600. The molecule has 0 heterocycles. The molecule has 0 N–H and O–H groups in total. The molecule has 0 amide bonds. The van der Waals surface area contributed by atoms with E-state index in [1.54, 1.807) is 24.3 Å². The van der Waals surface area contributed by atoms with E-state index in [4.69, 9.17) is 11.6 Å². The molecule has 1 rings (SSSR count). The molecule has 0 saturated carbocycles. The van der Waals surface area contributed by atoms with E-state index in [9.17, 15) is 8.42 Å². The summed E-state index contributed by atoms with van der Waals surface area (Å²) in [5.41, 5.74) is 0. The summed E-state index contributed by atoms with van der Waals surface area (Å²) in [5, 5.41) is 0. The van der Waals surface area contributed by atoms with E-state index in [-0.39, 0.29) is 5.75 Å². The normalized spacial score (nSPS) is 13.6. The van der Waals surface area contributed by atoms with Crippen molar-refractivity contribution in [2.24, 2.45) is 5.92 Å². The minimum atomic E-state index is -3.19. The number of benzene rings is 1. The van der Waals surface area contributed by atoms with Crippen LogP contribution >= 0.6 is 27.5 Å². The van der Waals surface area contributed by atoms with E-state index in [0.29, 0.717) is 27.6 Å². The molecule has 5 heteroatoms. The molecule has 2 nitrogen and oxygen atoms in total. The van der Waals surface area contributed by atoms with Gasteiger partial charge in [-0.3, -0.25) is 0 Å². The Morgan fingerprint density at radius 1 is 1.29 bits per heavy atom. The highest BCUT2D eigenvalue weighted by Gasteiger charge is 2.18. The van der Waals surface area contributed by atoms with Gasteiger partial charge in [0.1, 0.15) is 0 Å². The van der Waals surface area contributed by atoms with Crippen molar-refractivity contribution in [1.29, 1.82) is 0 Å². The van der Waals surface area contributed by atoms with Gasteiger partial charge < -0.3 is 0 Å². The maximum atomic E-state index is 12.1. The van der Waals surface area contributed by atoms with Crippen LogP contribution < -0.4 is 0 Å². The second kappa shape index (κ2) is 6.76. The molecule has 0 aliphatic heterocycles. The molecule has 1 aromatic carbocycles. The summed E-state index contributed by atoms with van der Waals surface area (Å²) in [6.07, 6.45) is 1.50. The number of halogens is 2. The summed E-state index contributed by atoms with van der Waals surface area (Å²) in [7, 11) is -3.19. The second-order valence-electron chi connectivity index (χ2n) is 4.12. The summed E-state index contributed by atoms with van der Waals surface area (Å²) >= 11 is 8.90. The van der Waals surface area contributed by atoms with Gasteiger partial charge in [0.2, 0.25) is 0 Å². The molecule has 0 aromatic heterocycles. The highest BCUT2D eigenvalue weighted by molar-refractivity contribution is 9.10. The quantitative estimate of drug-likeness (QED) is 0.737. The Morgan fingerprint density at radius 3 is 2.53 bits per heavy atom. The van der Waals surface area contributed by atoms with Crippen LogP contribution in [0.4, 0.5) is 0 Å². The summed E-state index contributed by atoms with van der Waals surface area (Å²) in [5.74, 6) is 1.09. The van der Waals surface area contributed by atoms with Crippen LogP contribution in [0.5, 0.6) is 0 Å². The van der Waals surface area contributed by atoms with Crippen molar-refractivity contribution in [1.82, 2.24) is 0 Å². The van der Waals surface area contributed by atoms with Gasteiger partial charge in [-0.2, -0.15) is 0 Å². The molecular weight excluding hydrogens is 324 g/mol. The highest BCUT2D eigenvalue weighted by Crippen LogP contribution is 2.24. The topological polar surface area (TPSA) is 34.1 Å². The Balaban J connectivity index is 2.73. The first-order valence-corrected chi connectivity index (χ1v) is 8.48. The first-order chi connectivity index (χ1) is 7.97. The summed E-state index contributed by atoms with van der Waals surface area (Å²) in [6, 6.07) is 6.92. The van der Waals surface area contributed by atoms with Gasteiger partial charge in [0.05, 0.1) is 10.6 Å². The first kappa shape index (κ1) is 15.0. The number of hydrogen-bond donors (Lipinski definition) is 0. The Kier molecular flexibility index (Phi) is 5.97. The minimum Gasteiger partial charge on any atom is -0.224 e. The minimum absolute atomic E-state index is 0.174. The number of hydrogen-bond acceptors (Lipinski definition) is 2. The van der Waals surface area contributed by atoms with E-state index in [2.05, 4.69) is 15.9 Å². The average Bonchev–Trinajstić information content (AvgIpc) is 2.27. The molecule has 0 aliphatic carbocycles. The van der Waals surface area contributed by atoms with Gasteiger partial charge in [0, 0.05) is 10.4 Å². The Labute approximate surface area is 116 Å². The lowest BCUT2D eigenvalue weighted by molar-refractivity contribution is 0.534. The second-order valence-corrected chi connectivity index (χ2v) is 7.43. The molecule has 96 valence electrons. The third-order valence-electron chi connectivity index (χ3n) is 2.65. The van der Waals surface area contributed by atoms with Crippen LogP contribution in [0.1, 0.15) is 19.8 Å². The smallest absolute Gasteiger partial charge is 0.179 e. The lowest BCUT2D eigenvalue weighted by Gasteiger charge is -2.10. The molecule has 0 aliphatic rings. The molecule has 0 saturated heterocycles. The standard InChI is InChI=1S/C12H16BrClO2S/c1-10(6-8-14)7-9-17(15,16)12-5-3-2-4-11(12)13/h2-5,10H,6-9H2,1H3. The highest BCUT2D eigenvalue weighted by atomic mass is 79.9. The van der Waals surface area contributed by atoms with Crippen LogP contribution in [-0.2, 0) is 9.84 Å². The van der Waals surface area contributed by atoms with Crippen molar-refractivity contribution in [3.8, 4) is 0 Å².